The summed E-state index contributed by atoms with van der Waals surface area (Å²) in [6.07, 6.45) is -1.63. The lowest BCUT2D eigenvalue weighted by molar-refractivity contribution is 0.0443. The van der Waals surface area contributed by atoms with Crippen molar-refractivity contribution in [2.45, 2.75) is 19.1 Å². The summed E-state index contributed by atoms with van der Waals surface area (Å²) in [6.45, 7) is 1.68. The Morgan fingerprint density at radius 1 is 1.16 bits per heavy atom. The predicted octanol–water partition coefficient (Wildman–Crippen LogP) is 3.98. The van der Waals surface area contributed by atoms with Gasteiger partial charge in [0, 0.05) is 10.6 Å². The van der Waals surface area contributed by atoms with Gasteiger partial charge in [0.1, 0.15) is 23.8 Å². The molecule has 0 bridgehead atoms. The fraction of sp³-hybridized carbons (Fsp3) is 0.200. The second-order valence-electron chi connectivity index (χ2n) is 4.25. The minimum Gasteiger partial charge on any atom is -0.488 e. The predicted molar refractivity (Wildman–Crippen MR) is 72.9 cm³/mol. The molecule has 0 heterocycles. The molecule has 0 fully saturated rings. The van der Waals surface area contributed by atoms with Gasteiger partial charge in [-0.15, -0.1) is 0 Å². The molecule has 100 valence electrons. The van der Waals surface area contributed by atoms with Gasteiger partial charge in [0.25, 0.3) is 0 Å². The third kappa shape index (κ3) is 3.46. The van der Waals surface area contributed by atoms with Crippen LogP contribution in [0.3, 0.4) is 0 Å². The molecule has 0 aliphatic heterocycles. The fourth-order valence-electron chi connectivity index (χ4n) is 1.79. The van der Waals surface area contributed by atoms with Crippen LogP contribution < -0.4 is 4.74 Å². The van der Waals surface area contributed by atoms with Crippen LogP contribution in [0.25, 0.3) is 0 Å². The molecule has 0 aromatic heterocycles. The highest BCUT2D eigenvalue weighted by Crippen LogP contribution is 2.25. The van der Waals surface area contributed by atoms with Gasteiger partial charge < -0.3 is 9.84 Å². The summed E-state index contributed by atoms with van der Waals surface area (Å²) < 4.78 is 19.1. The van der Waals surface area contributed by atoms with E-state index in [2.05, 4.69) is 0 Å². The van der Waals surface area contributed by atoms with Crippen LogP contribution in [0.2, 0.25) is 5.02 Å². The summed E-state index contributed by atoms with van der Waals surface area (Å²) in [5.74, 6) is 0.0898. The first kappa shape index (κ1) is 13.8. The van der Waals surface area contributed by atoms with E-state index in [9.17, 15) is 9.50 Å². The molecule has 2 nitrogen and oxygen atoms in total. The van der Waals surface area contributed by atoms with Gasteiger partial charge in [-0.1, -0.05) is 35.9 Å². The van der Waals surface area contributed by atoms with Gasteiger partial charge in [-0.25, -0.2) is 4.39 Å². The van der Waals surface area contributed by atoms with Crippen molar-refractivity contribution < 1.29 is 14.2 Å². The number of ether oxygens (including phenoxy) is 1. The lowest BCUT2D eigenvalue weighted by atomic mass is 10.0. The Kier molecular flexibility index (Phi) is 4.40. The van der Waals surface area contributed by atoms with E-state index in [-0.39, 0.29) is 5.56 Å². The molecule has 0 aliphatic rings. The number of aliphatic hydroxyl groups excluding tert-OH is 1. The van der Waals surface area contributed by atoms with Crippen LogP contribution in [0.5, 0.6) is 5.75 Å². The molecule has 2 aromatic carbocycles. The van der Waals surface area contributed by atoms with Crippen molar-refractivity contribution >= 4 is 11.6 Å². The highest BCUT2D eigenvalue weighted by molar-refractivity contribution is 6.30. The van der Waals surface area contributed by atoms with Crippen molar-refractivity contribution in [2.24, 2.45) is 0 Å². The van der Waals surface area contributed by atoms with Crippen LogP contribution in [0, 0.1) is 5.82 Å². The maximum Gasteiger partial charge on any atom is 0.129 e. The van der Waals surface area contributed by atoms with Crippen molar-refractivity contribution in [1.29, 1.82) is 0 Å². The molecule has 0 saturated carbocycles. The Labute approximate surface area is 116 Å². The van der Waals surface area contributed by atoms with Crippen molar-refractivity contribution in [1.82, 2.24) is 0 Å². The maximum absolute atomic E-state index is 13.6. The zero-order valence-electron chi connectivity index (χ0n) is 10.4. The second kappa shape index (κ2) is 6.04. The van der Waals surface area contributed by atoms with E-state index in [1.165, 1.54) is 12.1 Å². The maximum atomic E-state index is 13.6. The number of aliphatic hydroxyl groups is 1. The largest absolute Gasteiger partial charge is 0.488 e. The molecule has 1 N–H and O–H groups in total. The number of hydrogen-bond acceptors (Lipinski definition) is 2. The first-order chi connectivity index (χ1) is 9.08. The molecule has 2 unspecified atom stereocenters. The Bertz CT molecular complexity index is 559. The highest BCUT2D eigenvalue weighted by Gasteiger charge is 2.21. The van der Waals surface area contributed by atoms with Gasteiger partial charge in [0.05, 0.1) is 0 Å². The number of benzene rings is 2. The second-order valence-corrected chi connectivity index (χ2v) is 4.68. The SMILES string of the molecule is CC(Oc1cccc(Cl)c1)C(O)c1ccccc1F. The lowest BCUT2D eigenvalue weighted by Crippen LogP contribution is -2.22. The molecular weight excluding hydrogens is 267 g/mol. The van der Waals surface area contributed by atoms with Gasteiger partial charge in [-0.2, -0.15) is 0 Å². The molecule has 0 spiro atoms. The van der Waals surface area contributed by atoms with E-state index in [1.54, 1.807) is 43.3 Å². The first-order valence-corrected chi connectivity index (χ1v) is 6.30. The molecule has 2 rings (SSSR count). The third-order valence-electron chi connectivity index (χ3n) is 2.79. The number of hydrogen-bond donors (Lipinski definition) is 1. The van der Waals surface area contributed by atoms with Crippen LogP contribution in [0.1, 0.15) is 18.6 Å². The molecule has 0 amide bonds. The standard InChI is InChI=1S/C15H14ClFO2/c1-10(19-12-6-4-5-11(16)9-12)15(18)13-7-2-3-8-14(13)17/h2-10,15,18H,1H3. The average molecular weight is 281 g/mol. The molecule has 2 aromatic rings. The normalized spacial score (nSPS) is 13.9. The van der Waals surface area contributed by atoms with E-state index < -0.39 is 18.0 Å². The van der Waals surface area contributed by atoms with E-state index in [4.69, 9.17) is 16.3 Å². The van der Waals surface area contributed by atoms with Gasteiger partial charge >= 0.3 is 0 Å². The quantitative estimate of drug-likeness (QED) is 0.918. The summed E-state index contributed by atoms with van der Waals surface area (Å²) in [4.78, 5) is 0. The fourth-order valence-corrected chi connectivity index (χ4v) is 1.97. The highest BCUT2D eigenvalue weighted by atomic mass is 35.5. The smallest absolute Gasteiger partial charge is 0.129 e. The topological polar surface area (TPSA) is 29.5 Å². The van der Waals surface area contributed by atoms with Crippen LogP contribution in [-0.4, -0.2) is 11.2 Å². The molecule has 4 heteroatoms. The van der Waals surface area contributed by atoms with E-state index in [0.717, 1.165) is 0 Å². The first-order valence-electron chi connectivity index (χ1n) is 5.92. The van der Waals surface area contributed by atoms with Crippen molar-refractivity contribution in [3.05, 3.63) is 64.9 Å². The van der Waals surface area contributed by atoms with Crippen LogP contribution in [-0.2, 0) is 0 Å². The summed E-state index contributed by atoms with van der Waals surface area (Å²) in [5, 5.41) is 10.6. The Balaban J connectivity index is 2.12. The van der Waals surface area contributed by atoms with E-state index >= 15 is 0 Å². The van der Waals surface area contributed by atoms with Gasteiger partial charge in [0.15, 0.2) is 0 Å². The molecular formula is C15H14ClFO2. The lowest BCUT2D eigenvalue weighted by Gasteiger charge is -2.21. The molecule has 0 aliphatic carbocycles. The molecule has 2 atom stereocenters. The van der Waals surface area contributed by atoms with Crippen LogP contribution >= 0.6 is 11.6 Å². The minimum atomic E-state index is -1.04. The van der Waals surface area contributed by atoms with E-state index in [1.807, 2.05) is 0 Å². The average Bonchev–Trinajstić information content (AvgIpc) is 2.38. The zero-order valence-corrected chi connectivity index (χ0v) is 11.1. The molecule has 19 heavy (non-hydrogen) atoms. The van der Waals surface area contributed by atoms with Crippen molar-refractivity contribution in [3.63, 3.8) is 0 Å². The molecule has 0 radical (unpaired) electrons. The summed E-state index contributed by atoms with van der Waals surface area (Å²) in [5.41, 5.74) is 0.219. The van der Waals surface area contributed by atoms with E-state index in [0.29, 0.717) is 10.8 Å². The zero-order chi connectivity index (χ0) is 13.8. The summed E-state index contributed by atoms with van der Waals surface area (Å²) >= 11 is 5.85. The van der Waals surface area contributed by atoms with Crippen LogP contribution in [0.4, 0.5) is 4.39 Å². The van der Waals surface area contributed by atoms with Gasteiger partial charge in [-0.3, -0.25) is 0 Å². The third-order valence-corrected chi connectivity index (χ3v) is 3.02. The van der Waals surface area contributed by atoms with Gasteiger partial charge in [-0.05, 0) is 31.2 Å². The summed E-state index contributed by atoms with van der Waals surface area (Å²) in [6, 6.07) is 13.0. The number of halogens is 2. The summed E-state index contributed by atoms with van der Waals surface area (Å²) in [7, 11) is 0. The minimum absolute atomic E-state index is 0.219. The monoisotopic (exact) mass is 280 g/mol. The Morgan fingerprint density at radius 2 is 1.89 bits per heavy atom. The Morgan fingerprint density at radius 3 is 2.58 bits per heavy atom. The van der Waals surface area contributed by atoms with Crippen molar-refractivity contribution in [3.8, 4) is 5.75 Å². The number of rotatable bonds is 4. The van der Waals surface area contributed by atoms with Gasteiger partial charge in [0.2, 0.25) is 0 Å². The van der Waals surface area contributed by atoms with Crippen LogP contribution in [0.15, 0.2) is 48.5 Å². The molecule has 0 saturated heterocycles. The van der Waals surface area contributed by atoms with Crippen molar-refractivity contribution in [2.75, 3.05) is 0 Å². The Hall–Kier alpha value is -1.58.